The lowest BCUT2D eigenvalue weighted by Crippen LogP contribution is -2.54. The molecule has 0 aromatic rings. The van der Waals surface area contributed by atoms with Gasteiger partial charge in [-0.3, -0.25) is 4.79 Å². The molecule has 1 fully saturated rings. The molecule has 1 aliphatic heterocycles. The summed E-state index contributed by atoms with van der Waals surface area (Å²) in [5, 5.41) is 22.3. The summed E-state index contributed by atoms with van der Waals surface area (Å²) >= 11 is 0. The topological polar surface area (TPSA) is 119 Å². The summed E-state index contributed by atoms with van der Waals surface area (Å²) in [7, 11) is 2.00. The third-order valence-electron chi connectivity index (χ3n) is 3.41. The Morgan fingerprint density at radius 3 is 2.50 bits per heavy atom. The summed E-state index contributed by atoms with van der Waals surface area (Å²) in [4.78, 5) is 35.3. The van der Waals surface area contributed by atoms with Crippen LogP contribution in [0.3, 0.4) is 0 Å². The maximum Gasteiger partial charge on any atom is 0.326 e. The van der Waals surface area contributed by atoms with E-state index in [9.17, 15) is 14.4 Å². The molecule has 1 aliphatic rings. The summed E-state index contributed by atoms with van der Waals surface area (Å²) in [5.41, 5.74) is 0. The van der Waals surface area contributed by atoms with Crippen LogP contribution in [0.25, 0.3) is 0 Å². The van der Waals surface area contributed by atoms with Crippen molar-refractivity contribution in [2.45, 2.75) is 31.8 Å². The number of carbonyl (C=O) groups excluding carboxylic acids is 1. The number of piperidine rings is 1. The Bertz CT molecular complexity index is 387. The summed E-state index contributed by atoms with van der Waals surface area (Å²) in [6, 6.07) is -2.10. The minimum Gasteiger partial charge on any atom is -0.481 e. The Morgan fingerprint density at radius 2 is 2.00 bits per heavy atom. The van der Waals surface area contributed by atoms with E-state index in [1.165, 1.54) is 0 Å². The van der Waals surface area contributed by atoms with E-state index in [0.29, 0.717) is 0 Å². The molecular weight excluding hydrogens is 266 g/mol. The fourth-order valence-electron chi connectivity index (χ4n) is 2.31. The number of urea groups is 1. The van der Waals surface area contributed by atoms with Crippen molar-refractivity contribution in [2.24, 2.45) is 5.92 Å². The van der Waals surface area contributed by atoms with Crippen molar-refractivity contribution in [3.8, 4) is 0 Å². The highest BCUT2D eigenvalue weighted by molar-refractivity contribution is 5.86. The number of aliphatic carboxylic acids is 2. The van der Waals surface area contributed by atoms with Gasteiger partial charge in [0, 0.05) is 12.6 Å². The van der Waals surface area contributed by atoms with Crippen LogP contribution in [0.15, 0.2) is 0 Å². The van der Waals surface area contributed by atoms with E-state index in [2.05, 4.69) is 15.5 Å². The van der Waals surface area contributed by atoms with Crippen molar-refractivity contribution < 1.29 is 24.6 Å². The zero-order valence-electron chi connectivity index (χ0n) is 11.6. The van der Waals surface area contributed by atoms with E-state index in [1.807, 2.05) is 14.0 Å². The molecule has 4 N–H and O–H groups in total. The maximum atomic E-state index is 11.7. The second kappa shape index (κ2) is 7.09. The van der Waals surface area contributed by atoms with Gasteiger partial charge in [-0.25, -0.2) is 9.59 Å². The number of likely N-dealkylation sites (tertiary alicyclic amines) is 1. The zero-order chi connectivity index (χ0) is 15.3. The van der Waals surface area contributed by atoms with Gasteiger partial charge in [-0.15, -0.1) is 0 Å². The normalized spacial score (nSPS) is 24.7. The van der Waals surface area contributed by atoms with Crippen LogP contribution in [0, 0.1) is 5.92 Å². The van der Waals surface area contributed by atoms with E-state index < -0.39 is 30.4 Å². The Balaban J connectivity index is 2.49. The third kappa shape index (κ3) is 5.04. The highest BCUT2D eigenvalue weighted by atomic mass is 16.4. The monoisotopic (exact) mass is 287 g/mol. The van der Waals surface area contributed by atoms with Gasteiger partial charge in [-0.05, 0) is 25.9 Å². The first-order valence-electron chi connectivity index (χ1n) is 6.49. The zero-order valence-corrected chi connectivity index (χ0v) is 11.6. The van der Waals surface area contributed by atoms with Crippen LogP contribution in [0.2, 0.25) is 0 Å². The molecular formula is C12H21N3O5. The number of carboxylic acid groups (broad SMARTS) is 2. The molecule has 3 unspecified atom stereocenters. The Kier molecular flexibility index (Phi) is 5.75. The van der Waals surface area contributed by atoms with Gasteiger partial charge in [-0.2, -0.15) is 0 Å². The molecule has 0 aliphatic carbocycles. The first-order chi connectivity index (χ1) is 9.29. The molecule has 0 radical (unpaired) electrons. The molecule has 0 spiro atoms. The van der Waals surface area contributed by atoms with Gasteiger partial charge in [0.05, 0.1) is 6.42 Å². The first kappa shape index (κ1) is 16.2. The SMILES string of the molecule is CC1CN(C)CCC1NC(=O)NC(CC(=O)O)C(=O)O. The van der Waals surface area contributed by atoms with E-state index in [0.717, 1.165) is 19.5 Å². The number of carbonyl (C=O) groups is 3. The minimum atomic E-state index is -1.42. The third-order valence-corrected chi connectivity index (χ3v) is 3.41. The molecule has 0 aromatic carbocycles. The Morgan fingerprint density at radius 1 is 1.35 bits per heavy atom. The van der Waals surface area contributed by atoms with Crippen molar-refractivity contribution in [1.82, 2.24) is 15.5 Å². The number of rotatable bonds is 5. The van der Waals surface area contributed by atoms with Crippen LogP contribution in [0.1, 0.15) is 19.8 Å². The molecule has 8 heteroatoms. The van der Waals surface area contributed by atoms with Gasteiger partial charge >= 0.3 is 18.0 Å². The van der Waals surface area contributed by atoms with Crippen molar-refractivity contribution in [2.75, 3.05) is 20.1 Å². The minimum absolute atomic E-state index is 0.0366. The lowest BCUT2D eigenvalue weighted by Gasteiger charge is -2.35. The van der Waals surface area contributed by atoms with Crippen LogP contribution in [-0.2, 0) is 9.59 Å². The molecule has 1 rings (SSSR count). The van der Waals surface area contributed by atoms with Crippen LogP contribution >= 0.6 is 0 Å². The Labute approximate surface area is 117 Å². The van der Waals surface area contributed by atoms with E-state index in [4.69, 9.17) is 10.2 Å². The number of nitrogens with one attached hydrogen (secondary N) is 2. The fourth-order valence-corrected chi connectivity index (χ4v) is 2.31. The molecule has 0 bridgehead atoms. The molecule has 0 saturated carbocycles. The fraction of sp³-hybridized carbons (Fsp3) is 0.750. The van der Waals surface area contributed by atoms with E-state index >= 15 is 0 Å². The van der Waals surface area contributed by atoms with Crippen molar-refractivity contribution >= 4 is 18.0 Å². The number of hydrogen-bond acceptors (Lipinski definition) is 4. The lowest BCUT2D eigenvalue weighted by atomic mass is 9.94. The lowest BCUT2D eigenvalue weighted by molar-refractivity contribution is -0.145. The molecule has 3 atom stereocenters. The number of carboxylic acids is 2. The largest absolute Gasteiger partial charge is 0.481 e. The predicted molar refractivity (Wildman–Crippen MR) is 70.4 cm³/mol. The van der Waals surface area contributed by atoms with Crippen LogP contribution in [0.5, 0.6) is 0 Å². The summed E-state index contributed by atoms with van der Waals surface area (Å²) in [6.07, 6.45) is 0.132. The van der Waals surface area contributed by atoms with Crippen molar-refractivity contribution in [3.05, 3.63) is 0 Å². The van der Waals surface area contributed by atoms with Gasteiger partial charge in [0.2, 0.25) is 0 Å². The highest BCUT2D eigenvalue weighted by Gasteiger charge is 2.28. The second-order valence-electron chi connectivity index (χ2n) is 5.24. The van der Waals surface area contributed by atoms with Crippen molar-refractivity contribution in [3.63, 3.8) is 0 Å². The molecule has 2 amide bonds. The maximum absolute atomic E-state index is 11.7. The number of hydrogen-bond donors (Lipinski definition) is 4. The molecule has 0 aromatic heterocycles. The smallest absolute Gasteiger partial charge is 0.326 e. The molecule has 20 heavy (non-hydrogen) atoms. The average molecular weight is 287 g/mol. The quantitative estimate of drug-likeness (QED) is 0.544. The summed E-state index contributed by atoms with van der Waals surface area (Å²) < 4.78 is 0. The van der Waals surface area contributed by atoms with Gasteiger partial charge < -0.3 is 25.7 Å². The van der Waals surface area contributed by atoms with E-state index in [1.54, 1.807) is 0 Å². The summed E-state index contributed by atoms with van der Waals surface area (Å²) in [5.74, 6) is -2.38. The van der Waals surface area contributed by atoms with Crippen LogP contribution in [0.4, 0.5) is 4.79 Å². The van der Waals surface area contributed by atoms with Gasteiger partial charge in [0.25, 0.3) is 0 Å². The first-order valence-corrected chi connectivity index (χ1v) is 6.49. The van der Waals surface area contributed by atoms with Gasteiger partial charge in [0.15, 0.2) is 0 Å². The molecule has 1 saturated heterocycles. The molecule has 8 nitrogen and oxygen atoms in total. The summed E-state index contributed by atoms with van der Waals surface area (Å²) in [6.45, 7) is 3.71. The predicted octanol–water partition coefficient (Wildman–Crippen LogP) is -0.446. The van der Waals surface area contributed by atoms with Crippen LogP contribution < -0.4 is 10.6 Å². The van der Waals surface area contributed by atoms with Crippen LogP contribution in [-0.4, -0.2) is 65.3 Å². The standard InChI is InChI=1S/C12H21N3O5/c1-7-6-15(2)4-3-8(7)13-12(20)14-9(11(18)19)5-10(16)17/h7-9H,3-6H2,1-2H3,(H,16,17)(H,18,19)(H2,13,14,20). The Hall–Kier alpha value is -1.83. The molecule has 1 heterocycles. The highest BCUT2D eigenvalue weighted by Crippen LogP contribution is 2.15. The molecule has 114 valence electrons. The second-order valence-corrected chi connectivity index (χ2v) is 5.24. The average Bonchev–Trinajstić information content (AvgIpc) is 2.31. The van der Waals surface area contributed by atoms with E-state index in [-0.39, 0.29) is 12.0 Å². The number of nitrogens with zero attached hydrogens (tertiary/aromatic N) is 1. The van der Waals surface area contributed by atoms with Gasteiger partial charge in [-0.1, -0.05) is 6.92 Å². The number of amides is 2. The van der Waals surface area contributed by atoms with Crippen molar-refractivity contribution in [1.29, 1.82) is 0 Å². The van der Waals surface area contributed by atoms with Gasteiger partial charge in [0.1, 0.15) is 6.04 Å².